The van der Waals surface area contributed by atoms with Gasteiger partial charge < -0.3 is 19.4 Å². The van der Waals surface area contributed by atoms with Gasteiger partial charge in [0.2, 0.25) is 0 Å². The SMILES string of the molecule is CCN(CC)c1cc(C)c(C)c(C)c1.COc1cc(C)c(C)c(C)c1.Cc1c(C)c2c3c(c1C)CCCN3CCC2.Cc1cc(-c2ccccc2)cc(C)c1C.Cc1cc(N(C)C)cc(C)c1C. The van der Waals surface area contributed by atoms with E-state index in [9.17, 15) is 0 Å². The molecule has 0 spiro atoms. The standard InChI is InChI=1S/C15H21N.C15H16.C13H21N.C11H17N.C10H14O/c1-10-11(2)13-6-4-8-16-9-5-7-14(12(10)3)15(13)16;1-11-9-15(10-12(2)13(11)3)14-7-5-4-6-8-14;1-6-14(7-2)13-8-10(3)12(5)11(4)9-13;1-8-6-11(12(4)5)7-9(2)10(8)3;1-7-5-10(11-4)6-8(2)9(7)3/h4-9H2,1-3H3;4-10H,1-3H3;8-9H,6-7H2,1-5H3;6-7H,1-5H3;5-6H,1-4H3. The minimum atomic E-state index is 0.950. The lowest BCUT2D eigenvalue weighted by Crippen LogP contribution is -2.35. The summed E-state index contributed by atoms with van der Waals surface area (Å²) in [7, 11) is 5.84. The van der Waals surface area contributed by atoms with Crippen molar-refractivity contribution in [2.24, 2.45) is 0 Å². The van der Waals surface area contributed by atoms with Crippen molar-refractivity contribution >= 4 is 17.1 Å². The Kier molecular flexibility index (Phi) is 20.4. The van der Waals surface area contributed by atoms with Crippen LogP contribution < -0.4 is 19.4 Å². The van der Waals surface area contributed by atoms with Crippen LogP contribution in [-0.2, 0) is 12.8 Å². The molecule has 8 rings (SSSR count). The number of rotatable bonds is 6. The average molecular weight is 916 g/mol. The smallest absolute Gasteiger partial charge is 0.119 e. The molecule has 2 aliphatic rings. The van der Waals surface area contributed by atoms with Gasteiger partial charge in [0.05, 0.1) is 7.11 Å². The summed E-state index contributed by atoms with van der Waals surface area (Å²) < 4.78 is 5.13. The highest BCUT2D eigenvalue weighted by atomic mass is 16.5. The third-order valence-electron chi connectivity index (χ3n) is 15.3. The van der Waals surface area contributed by atoms with Crippen LogP contribution in [0.25, 0.3) is 11.1 Å². The van der Waals surface area contributed by atoms with E-state index in [4.69, 9.17) is 4.74 Å². The van der Waals surface area contributed by atoms with Crippen molar-refractivity contribution in [2.45, 2.75) is 143 Å². The first-order valence-corrected chi connectivity index (χ1v) is 25.3. The topological polar surface area (TPSA) is 19.0 Å². The summed E-state index contributed by atoms with van der Waals surface area (Å²) in [5, 5.41) is 0. The molecule has 68 heavy (non-hydrogen) atoms. The van der Waals surface area contributed by atoms with Crippen LogP contribution in [0.3, 0.4) is 0 Å². The van der Waals surface area contributed by atoms with Gasteiger partial charge in [0, 0.05) is 57.3 Å². The highest BCUT2D eigenvalue weighted by Gasteiger charge is 2.27. The number of methoxy groups -OCH3 is 1. The fraction of sp³-hybridized carbons (Fsp3) is 0.438. The number of ether oxygens (including phenoxy) is 1. The lowest BCUT2D eigenvalue weighted by atomic mass is 9.83. The number of nitrogens with zero attached hydrogens (tertiary/aromatic N) is 3. The van der Waals surface area contributed by atoms with Gasteiger partial charge in [-0.15, -0.1) is 0 Å². The summed E-state index contributed by atoms with van der Waals surface area (Å²) in [6.45, 7) is 42.0. The van der Waals surface area contributed by atoms with Crippen LogP contribution in [0.5, 0.6) is 5.75 Å². The normalized spacial score (nSPS) is 12.1. The zero-order valence-corrected chi connectivity index (χ0v) is 46.4. The van der Waals surface area contributed by atoms with Crippen LogP contribution >= 0.6 is 0 Å². The van der Waals surface area contributed by atoms with Crippen molar-refractivity contribution in [1.82, 2.24) is 0 Å². The van der Waals surface area contributed by atoms with Crippen molar-refractivity contribution in [3.8, 4) is 16.9 Å². The highest BCUT2D eigenvalue weighted by Crippen LogP contribution is 2.40. The molecule has 2 aliphatic heterocycles. The first-order valence-electron chi connectivity index (χ1n) is 25.3. The molecular weight excluding hydrogens is 827 g/mol. The number of hydrogen-bond acceptors (Lipinski definition) is 4. The molecule has 0 aliphatic carbocycles. The summed E-state index contributed by atoms with van der Waals surface area (Å²) in [5.74, 6) is 0.950. The second-order valence-corrected chi connectivity index (χ2v) is 19.8. The van der Waals surface area contributed by atoms with Crippen LogP contribution in [-0.4, -0.2) is 47.4 Å². The molecule has 0 unspecified atom stereocenters. The van der Waals surface area contributed by atoms with Crippen LogP contribution in [0.4, 0.5) is 17.1 Å². The van der Waals surface area contributed by atoms with E-state index in [2.05, 4.69) is 225 Å². The quantitative estimate of drug-likeness (QED) is 0.166. The number of anilines is 3. The predicted octanol–water partition coefficient (Wildman–Crippen LogP) is 16.3. The van der Waals surface area contributed by atoms with Gasteiger partial charge in [-0.05, 0) is 285 Å². The Morgan fingerprint density at radius 2 is 0.809 bits per heavy atom. The van der Waals surface area contributed by atoms with E-state index in [1.54, 1.807) is 35.1 Å². The van der Waals surface area contributed by atoms with Gasteiger partial charge in [0.25, 0.3) is 0 Å². The van der Waals surface area contributed by atoms with Gasteiger partial charge in [0.15, 0.2) is 0 Å². The average Bonchev–Trinajstić information content (AvgIpc) is 3.32. The maximum absolute atomic E-state index is 5.13. The lowest BCUT2D eigenvalue weighted by Gasteiger charge is -2.39. The lowest BCUT2D eigenvalue weighted by molar-refractivity contribution is 0.414. The second-order valence-electron chi connectivity index (χ2n) is 19.8. The fourth-order valence-electron chi connectivity index (χ4n) is 9.50. The Bertz CT molecular complexity index is 2480. The maximum atomic E-state index is 5.13. The van der Waals surface area contributed by atoms with E-state index in [1.807, 2.05) is 0 Å². The molecule has 0 radical (unpaired) electrons. The molecule has 0 atom stereocenters. The van der Waals surface area contributed by atoms with E-state index in [0.717, 1.165) is 18.8 Å². The predicted molar refractivity (Wildman–Crippen MR) is 302 cm³/mol. The molecule has 0 aromatic heterocycles. The van der Waals surface area contributed by atoms with Crippen molar-refractivity contribution in [2.75, 3.05) is 62.1 Å². The number of aryl methyl sites for hydroxylation is 8. The fourth-order valence-corrected chi connectivity index (χ4v) is 9.50. The van der Waals surface area contributed by atoms with E-state index in [0.29, 0.717) is 0 Å². The van der Waals surface area contributed by atoms with Crippen LogP contribution in [0.1, 0.15) is 121 Å². The van der Waals surface area contributed by atoms with Gasteiger partial charge in [-0.25, -0.2) is 0 Å². The number of hydrogen-bond donors (Lipinski definition) is 0. The second kappa shape index (κ2) is 25.2. The number of benzene rings is 6. The Labute approximate surface area is 415 Å². The molecule has 366 valence electrons. The first kappa shape index (κ1) is 55.1. The Hall–Kier alpha value is -5.48. The summed E-state index contributed by atoms with van der Waals surface area (Å²) >= 11 is 0. The molecule has 6 aromatic carbocycles. The van der Waals surface area contributed by atoms with E-state index >= 15 is 0 Å². The van der Waals surface area contributed by atoms with Crippen LogP contribution in [0, 0.1) is 104 Å². The molecular formula is C64H89N3O. The van der Waals surface area contributed by atoms with Crippen molar-refractivity contribution in [3.05, 3.63) is 173 Å². The van der Waals surface area contributed by atoms with E-state index < -0.39 is 0 Å². The molecule has 0 amide bonds. The summed E-state index contributed by atoms with van der Waals surface area (Å²) in [4.78, 5) is 7.16. The zero-order chi connectivity index (χ0) is 50.6. The van der Waals surface area contributed by atoms with Crippen molar-refractivity contribution in [3.63, 3.8) is 0 Å². The van der Waals surface area contributed by atoms with Gasteiger partial charge in [-0.1, -0.05) is 42.5 Å². The molecule has 0 N–H and O–H groups in total. The zero-order valence-electron chi connectivity index (χ0n) is 46.4. The first-order chi connectivity index (χ1) is 32.1. The van der Waals surface area contributed by atoms with Crippen molar-refractivity contribution < 1.29 is 4.74 Å². The molecule has 4 heteroatoms. The summed E-state index contributed by atoms with van der Waals surface area (Å²) in [6.07, 6.45) is 5.28. The molecule has 0 fully saturated rings. The van der Waals surface area contributed by atoms with Crippen LogP contribution in [0.15, 0.2) is 78.9 Å². The molecule has 2 heterocycles. The monoisotopic (exact) mass is 916 g/mol. The third-order valence-corrected chi connectivity index (χ3v) is 15.3. The van der Waals surface area contributed by atoms with E-state index in [-0.39, 0.29) is 0 Å². The van der Waals surface area contributed by atoms with Gasteiger partial charge >= 0.3 is 0 Å². The van der Waals surface area contributed by atoms with Crippen LogP contribution in [0.2, 0.25) is 0 Å². The molecule has 0 bridgehead atoms. The summed E-state index contributed by atoms with van der Waals surface area (Å²) in [6, 6.07) is 28.2. The molecule has 0 saturated carbocycles. The summed E-state index contributed by atoms with van der Waals surface area (Å²) in [5.41, 5.74) is 31.3. The minimum absolute atomic E-state index is 0.950. The Balaban J connectivity index is 0.000000187. The van der Waals surface area contributed by atoms with Gasteiger partial charge in [0.1, 0.15) is 5.75 Å². The molecule has 6 aromatic rings. The Morgan fingerprint density at radius 1 is 0.441 bits per heavy atom. The molecule has 0 saturated heterocycles. The Morgan fingerprint density at radius 3 is 1.18 bits per heavy atom. The minimum Gasteiger partial charge on any atom is -0.497 e. The van der Waals surface area contributed by atoms with Crippen molar-refractivity contribution in [1.29, 1.82) is 0 Å². The molecule has 4 nitrogen and oxygen atoms in total. The van der Waals surface area contributed by atoms with Gasteiger partial charge in [-0.2, -0.15) is 0 Å². The highest BCUT2D eigenvalue weighted by molar-refractivity contribution is 5.69. The third kappa shape index (κ3) is 13.8. The van der Waals surface area contributed by atoms with Gasteiger partial charge in [-0.3, -0.25) is 0 Å². The maximum Gasteiger partial charge on any atom is 0.119 e. The largest absolute Gasteiger partial charge is 0.497 e. The van der Waals surface area contributed by atoms with E-state index in [1.165, 1.54) is 134 Å².